The molecule has 1 atom stereocenters. The molecule has 3 nitrogen and oxygen atoms in total. The Bertz CT molecular complexity index is 374. The van der Waals surface area contributed by atoms with Crippen LogP contribution in [0, 0.1) is 0 Å². The molecule has 0 radical (unpaired) electrons. The van der Waals surface area contributed by atoms with E-state index in [4.69, 9.17) is 0 Å². The number of hydrogen-bond acceptors (Lipinski definition) is 3. The van der Waals surface area contributed by atoms with Crippen LogP contribution in [0.5, 0.6) is 5.75 Å². The van der Waals surface area contributed by atoms with E-state index in [-0.39, 0.29) is 0 Å². The number of nitrogens with one attached hydrogen (secondary N) is 1. The van der Waals surface area contributed by atoms with Gasteiger partial charge in [-0.3, -0.25) is 0 Å². The van der Waals surface area contributed by atoms with Crippen LogP contribution in [0.4, 0.5) is 5.69 Å². The zero-order valence-corrected chi connectivity index (χ0v) is 10.7. The smallest absolute Gasteiger partial charge is 0.116 e. The first-order valence-corrected chi connectivity index (χ1v) is 6.53. The van der Waals surface area contributed by atoms with Gasteiger partial charge in [0.05, 0.1) is 0 Å². The van der Waals surface area contributed by atoms with Crippen molar-refractivity contribution in [3.8, 4) is 5.75 Å². The lowest BCUT2D eigenvalue weighted by Crippen LogP contribution is -2.31. The molecular weight excluding hydrogens is 212 g/mol. The SMILES string of the molecule is CCN(CC)CC1CCNc2ccc(O)cc21. The number of phenolic OH excluding ortho intramolecular Hbond substituents is 1. The third kappa shape index (κ3) is 2.72. The van der Waals surface area contributed by atoms with E-state index < -0.39 is 0 Å². The molecule has 3 heteroatoms. The molecule has 2 rings (SSSR count). The van der Waals surface area contributed by atoms with Gasteiger partial charge in [-0.1, -0.05) is 13.8 Å². The minimum Gasteiger partial charge on any atom is -0.508 e. The van der Waals surface area contributed by atoms with Crippen LogP contribution in [0.15, 0.2) is 18.2 Å². The number of fused-ring (bicyclic) bond motifs is 1. The zero-order valence-electron chi connectivity index (χ0n) is 10.7. The molecule has 94 valence electrons. The van der Waals surface area contributed by atoms with Gasteiger partial charge in [0, 0.05) is 24.7 Å². The number of aromatic hydroxyl groups is 1. The molecule has 0 saturated carbocycles. The summed E-state index contributed by atoms with van der Waals surface area (Å²) in [6.07, 6.45) is 1.15. The summed E-state index contributed by atoms with van der Waals surface area (Å²) in [7, 11) is 0. The summed E-state index contributed by atoms with van der Waals surface area (Å²) in [5.74, 6) is 0.912. The molecule has 1 heterocycles. The summed E-state index contributed by atoms with van der Waals surface area (Å²) in [5.41, 5.74) is 2.45. The van der Waals surface area contributed by atoms with Crippen LogP contribution < -0.4 is 5.32 Å². The van der Waals surface area contributed by atoms with Crippen LogP contribution in [0.3, 0.4) is 0 Å². The van der Waals surface area contributed by atoms with Crippen molar-refractivity contribution in [2.75, 3.05) is 31.5 Å². The zero-order chi connectivity index (χ0) is 12.3. The normalized spacial score (nSPS) is 18.9. The number of likely N-dealkylation sites (N-methyl/N-ethyl adjacent to an activating group) is 1. The molecule has 1 unspecified atom stereocenters. The van der Waals surface area contributed by atoms with E-state index in [2.05, 4.69) is 24.1 Å². The van der Waals surface area contributed by atoms with Crippen LogP contribution in [0.25, 0.3) is 0 Å². The van der Waals surface area contributed by atoms with Crippen molar-refractivity contribution in [2.45, 2.75) is 26.2 Å². The van der Waals surface area contributed by atoms with Crippen molar-refractivity contribution in [3.63, 3.8) is 0 Å². The lowest BCUT2D eigenvalue weighted by atomic mass is 9.90. The number of anilines is 1. The van der Waals surface area contributed by atoms with Gasteiger partial charge in [0.1, 0.15) is 5.75 Å². The summed E-state index contributed by atoms with van der Waals surface area (Å²) in [6, 6.07) is 5.65. The van der Waals surface area contributed by atoms with E-state index in [0.29, 0.717) is 11.7 Å². The minimum absolute atomic E-state index is 0.372. The summed E-state index contributed by atoms with van der Waals surface area (Å²) in [4.78, 5) is 2.45. The monoisotopic (exact) mass is 234 g/mol. The Morgan fingerprint density at radius 2 is 2.12 bits per heavy atom. The van der Waals surface area contributed by atoms with Crippen LogP contribution in [0.1, 0.15) is 31.7 Å². The average molecular weight is 234 g/mol. The predicted molar refractivity (Wildman–Crippen MR) is 71.7 cm³/mol. The van der Waals surface area contributed by atoms with E-state index in [1.165, 1.54) is 11.3 Å². The second kappa shape index (κ2) is 5.41. The Morgan fingerprint density at radius 3 is 2.82 bits per heavy atom. The summed E-state index contributed by atoms with van der Waals surface area (Å²) in [5, 5.41) is 13.0. The first kappa shape index (κ1) is 12.2. The maximum atomic E-state index is 9.61. The van der Waals surface area contributed by atoms with Crippen LogP contribution >= 0.6 is 0 Å². The van der Waals surface area contributed by atoms with Crippen molar-refractivity contribution in [1.29, 1.82) is 0 Å². The number of nitrogens with zero attached hydrogens (tertiary/aromatic N) is 1. The van der Waals surface area contributed by atoms with Gasteiger partial charge in [-0.25, -0.2) is 0 Å². The molecule has 0 aliphatic carbocycles. The maximum Gasteiger partial charge on any atom is 0.116 e. The third-order valence-corrected chi connectivity index (χ3v) is 3.66. The molecule has 1 aromatic carbocycles. The van der Waals surface area contributed by atoms with E-state index in [0.717, 1.165) is 32.6 Å². The van der Waals surface area contributed by atoms with Crippen molar-refractivity contribution in [3.05, 3.63) is 23.8 Å². The quantitative estimate of drug-likeness (QED) is 0.786. The topological polar surface area (TPSA) is 35.5 Å². The predicted octanol–water partition coefficient (Wildman–Crippen LogP) is 2.63. The first-order valence-electron chi connectivity index (χ1n) is 6.53. The standard InChI is InChI=1S/C14H22N2O/c1-3-16(4-2)10-11-7-8-15-14-6-5-12(17)9-13(11)14/h5-6,9,11,15,17H,3-4,7-8,10H2,1-2H3. The molecule has 1 aliphatic rings. The van der Waals surface area contributed by atoms with E-state index in [1.807, 2.05) is 12.1 Å². The van der Waals surface area contributed by atoms with Gasteiger partial charge >= 0.3 is 0 Å². The molecule has 0 saturated heterocycles. The molecule has 2 N–H and O–H groups in total. The van der Waals surface area contributed by atoms with E-state index >= 15 is 0 Å². The molecule has 17 heavy (non-hydrogen) atoms. The summed E-state index contributed by atoms with van der Waals surface area (Å²) >= 11 is 0. The van der Waals surface area contributed by atoms with Gasteiger partial charge in [-0.05, 0) is 43.3 Å². The molecule has 0 bridgehead atoms. The Morgan fingerprint density at radius 1 is 1.35 bits per heavy atom. The highest BCUT2D eigenvalue weighted by Gasteiger charge is 2.21. The van der Waals surface area contributed by atoms with Gasteiger partial charge < -0.3 is 15.3 Å². The van der Waals surface area contributed by atoms with Crippen LogP contribution in [-0.2, 0) is 0 Å². The van der Waals surface area contributed by atoms with Gasteiger partial charge in [-0.15, -0.1) is 0 Å². The Kier molecular flexibility index (Phi) is 3.89. The average Bonchev–Trinajstić information content (AvgIpc) is 2.36. The molecule has 0 fully saturated rings. The maximum absolute atomic E-state index is 9.61. The van der Waals surface area contributed by atoms with Crippen molar-refractivity contribution in [2.24, 2.45) is 0 Å². The number of hydrogen-bond donors (Lipinski definition) is 2. The number of rotatable bonds is 4. The minimum atomic E-state index is 0.372. The molecule has 1 aliphatic heterocycles. The largest absolute Gasteiger partial charge is 0.508 e. The first-order chi connectivity index (χ1) is 8.24. The number of phenols is 1. The molecule has 0 aromatic heterocycles. The van der Waals surface area contributed by atoms with Crippen LogP contribution in [0.2, 0.25) is 0 Å². The lowest BCUT2D eigenvalue weighted by Gasteiger charge is -2.31. The Labute approximate surface area is 103 Å². The van der Waals surface area contributed by atoms with E-state index in [1.54, 1.807) is 6.07 Å². The molecule has 0 spiro atoms. The van der Waals surface area contributed by atoms with Gasteiger partial charge in [0.2, 0.25) is 0 Å². The Balaban J connectivity index is 2.18. The van der Waals surface area contributed by atoms with Crippen LogP contribution in [-0.4, -0.2) is 36.2 Å². The fourth-order valence-electron chi connectivity index (χ4n) is 2.57. The highest BCUT2D eigenvalue weighted by molar-refractivity contribution is 5.57. The second-order valence-corrected chi connectivity index (χ2v) is 4.67. The molecule has 1 aromatic rings. The second-order valence-electron chi connectivity index (χ2n) is 4.67. The summed E-state index contributed by atoms with van der Waals surface area (Å²) in [6.45, 7) is 8.71. The molecule has 0 amide bonds. The highest BCUT2D eigenvalue weighted by atomic mass is 16.3. The number of benzene rings is 1. The van der Waals surface area contributed by atoms with Crippen molar-refractivity contribution in [1.82, 2.24) is 4.90 Å². The third-order valence-electron chi connectivity index (χ3n) is 3.66. The van der Waals surface area contributed by atoms with Gasteiger partial charge in [0.15, 0.2) is 0 Å². The van der Waals surface area contributed by atoms with Crippen molar-refractivity contribution >= 4 is 5.69 Å². The van der Waals surface area contributed by atoms with Gasteiger partial charge in [-0.2, -0.15) is 0 Å². The Hall–Kier alpha value is -1.22. The fourth-order valence-corrected chi connectivity index (χ4v) is 2.57. The highest BCUT2D eigenvalue weighted by Crippen LogP contribution is 2.34. The van der Waals surface area contributed by atoms with Crippen molar-refractivity contribution < 1.29 is 5.11 Å². The summed E-state index contributed by atoms with van der Waals surface area (Å²) < 4.78 is 0. The lowest BCUT2D eigenvalue weighted by molar-refractivity contribution is 0.277. The fraction of sp³-hybridized carbons (Fsp3) is 0.571. The van der Waals surface area contributed by atoms with Gasteiger partial charge in [0.25, 0.3) is 0 Å². The van der Waals surface area contributed by atoms with E-state index in [9.17, 15) is 5.11 Å². The molecular formula is C14H22N2O.